The van der Waals surface area contributed by atoms with Crippen LogP contribution in [-0.2, 0) is 42.9 Å². The van der Waals surface area contributed by atoms with Crippen LogP contribution in [0.5, 0.6) is 0 Å². The van der Waals surface area contributed by atoms with Crippen LogP contribution in [0.25, 0.3) is 0 Å². The number of fused-ring (bicyclic) bond motifs is 3. The number of rotatable bonds is 3. The summed E-state index contributed by atoms with van der Waals surface area (Å²) in [5, 5.41) is 0. The van der Waals surface area contributed by atoms with E-state index in [1.807, 2.05) is 26.8 Å². The first-order chi connectivity index (χ1) is 18.0. The van der Waals surface area contributed by atoms with E-state index in [1.165, 1.54) is 21.0 Å². The third-order valence-corrected chi connectivity index (χ3v) is 11.2. The first kappa shape index (κ1) is 27.6. The molecule has 9 heteroatoms. The minimum Gasteiger partial charge on any atom is -0.468 e. The molecule has 5 aliphatic rings. The fourth-order valence-electron chi connectivity index (χ4n) is 9.85. The summed E-state index contributed by atoms with van der Waals surface area (Å²) in [6, 6.07) is 0. The highest BCUT2D eigenvalue weighted by molar-refractivity contribution is 6.12. The molecule has 0 radical (unpaired) electrons. The average Bonchev–Trinajstić information content (AvgIpc) is 3.17. The smallest absolute Gasteiger partial charge is 0.321 e. The predicted octanol–water partition coefficient (Wildman–Crippen LogP) is 3.84. The van der Waals surface area contributed by atoms with Crippen LogP contribution in [0.15, 0.2) is 23.0 Å². The van der Waals surface area contributed by atoms with Gasteiger partial charge in [0.05, 0.1) is 17.9 Å². The number of carbonyl (C=O) groups excluding carboxylic acids is 5. The summed E-state index contributed by atoms with van der Waals surface area (Å²) in [6.07, 6.45) is 2.02. The number of hydrogen-bond acceptors (Lipinski definition) is 9. The summed E-state index contributed by atoms with van der Waals surface area (Å²) in [7, 11) is 1.26. The molecule has 3 fully saturated rings. The highest BCUT2D eigenvalue weighted by atomic mass is 16.6. The number of esters is 4. The van der Waals surface area contributed by atoms with Gasteiger partial charge in [0.1, 0.15) is 23.4 Å². The fraction of sp³-hybridized carbons (Fsp3) is 0.700. The first-order valence-corrected chi connectivity index (χ1v) is 13.6. The highest BCUT2D eigenvalue weighted by Crippen LogP contribution is 2.79. The van der Waals surface area contributed by atoms with Crippen LogP contribution in [0.4, 0.5) is 0 Å². The van der Waals surface area contributed by atoms with E-state index in [0.717, 1.165) is 0 Å². The molecule has 39 heavy (non-hydrogen) atoms. The van der Waals surface area contributed by atoms with Gasteiger partial charge >= 0.3 is 23.9 Å². The second-order valence-electron chi connectivity index (χ2n) is 13.1. The third kappa shape index (κ3) is 2.84. The van der Waals surface area contributed by atoms with Crippen molar-refractivity contribution in [3.05, 3.63) is 23.0 Å². The number of Topliss-reactive ketones (excluding diaryl/α,β-unsaturated/α-hetero) is 1. The van der Waals surface area contributed by atoms with Crippen molar-refractivity contribution in [2.24, 2.45) is 38.9 Å². The molecule has 1 unspecified atom stereocenters. The number of allylic oxidation sites excluding steroid dienone is 3. The van der Waals surface area contributed by atoms with Crippen molar-refractivity contribution >= 4 is 29.7 Å². The van der Waals surface area contributed by atoms with Gasteiger partial charge in [-0.1, -0.05) is 32.4 Å². The SMILES string of the molecule is COC(=O)[C@@]12C(OC(C)=O)=C(C)C(=O)[C@]1(C)C(C)=C[C@@H]1[C@]34CC[C@H](OC(C)=O)C(C)(C)C3[C@H](C[C@@]12C)OC4=O. The molecular formula is C30H38O9. The van der Waals surface area contributed by atoms with E-state index in [2.05, 4.69) is 0 Å². The van der Waals surface area contributed by atoms with E-state index >= 15 is 0 Å². The predicted molar refractivity (Wildman–Crippen MR) is 136 cm³/mol. The molecule has 212 valence electrons. The van der Waals surface area contributed by atoms with Gasteiger partial charge in [-0.3, -0.25) is 24.0 Å². The Morgan fingerprint density at radius 3 is 2.23 bits per heavy atom. The van der Waals surface area contributed by atoms with Crippen molar-refractivity contribution in [2.45, 2.75) is 86.9 Å². The molecule has 0 amide bonds. The minimum atomic E-state index is -1.70. The summed E-state index contributed by atoms with van der Waals surface area (Å²) in [4.78, 5) is 66.6. The second-order valence-corrected chi connectivity index (χ2v) is 13.1. The Bertz CT molecular complexity index is 1290. The molecule has 5 rings (SSSR count). The third-order valence-electron chi connectivity index (χ3n) is 11.2. The van der Waals surface area contributed by atoms with Gasteiger partial charge in [-0.05, 0) is 40.0 Å². The van der Waals surface area contributed by atoms with E-state index in [9.17, 15) is 24.0 Å². The Balaban J connectivity index is 1.82. The lowest BCUT2D eigenvalue weighted by atomic mass is 9.33. The number of hydrogen-bond donors (Lipinski definition) is 0. The van der Waals surface area contributed by atoms with E-state index in [1.54, 1.807) is 20.8 Å². The molecule has 1 aliphatic heterocycles. The van der Waals surface area contributed by atoms with Crippen LogP contribution in [0.2, 0.25) is 0 Å². The molecule has 2 bridgehead atoms. The monoisotopic (exact) mass is 542 g/mol. The van der Waals surface area contributed by atoms with E-state index in [4.69, 9.17) is 18.9 Å². The molecule has 4 aliphatic carbocycles. The summed E-state index contributed by atoms with van der Waals surface area (Å²) in [5.74, 6) is -3.21. The van der Waals surface area contributed by atoms with Crippen molar-refractivity contribution in [3.8, 4) is 0 Å². The normalized spacial score (nSPS) is 43.5. The molecule has 2 saturated carbocycles. The number of carbonyl (C=O) groups is 5. The Labute approximate surface area is 228 Å². The van der Waals surface area contributed by atoms with E-state index < -0.39 is 57.1 Å². The highest BCUT2D eigenvalue weighted by Gasteiger charge is 2.85. The number of ether oxygens (including phenoxy) is 4. The summed E-state index contributed by atoms with van der Waals surface area (Å²) in [5.41, 5.74) is -5.02. The van der Waals surface area contributed by atoms with Crippen molar-refractivity contribution in [3.63, 3.8) is 0 Å². The zero-order chi connectivity index (χ0) is 29.1. The Kier molecular flexibility index (Phi) is 5.69. The van der Waals surface area contributed by atoms with Gasteiger partial charge in [0, 0.05) is 42.1 Å². The fourth-order valence-corrected chi connectivity index (χ4v) is 9.85. The minimum absolute atomic E-state index is 0.00357. The standard InChI is InChI=1S/C30H38O9/c1-14-12-19-27(7,30(25(35)36-9)23(38-17(4)32)15(2)22(33)28(14,30)8)13-18-21-26(5,6)20(37-16(3)31)10-11-29(19,21)24(34)39-18/h12,18-21H,10-11,13H2,1-9H3/t18-,19-,20-,21?,27-,28-,29+,30+/m0/s1. The second kappa shape index (κ2) is 8.04. The van der Waals surface area contributed by atoms with Gasteiger partial charge in [-0.15, -0.1) is 0 Å². The maximum atomic E-state index is 14.2. The summed E-state index contributed by atoms with van der Waals surface area (Å²) >= 11 is 0. The van der Waals surface area contributed by atoms with E-state index in [0.29, 0.717) is 18.4 Å². The van der Waals surface area contributed by atoms with Crippen molar-refractivity contribution in [1.82, 2.24) is 0 Å². The van der Waals surface area contributed by atoms with Crippen LogP contribution in [0.3, 0.4) is 0 Å². The molecule has 0 N–H and O–H groups in total. The van der Waals surface area contributed by atoms with Gasteiger partial charge in [0.2, 0.25) is 0 Å². The molecule has 8 atom stereocenters. The van der Waals surface area contributed by atoms with Crippen LogP contribution in [-0.4, -0.2) is 49.0 Å². The topological polar surface area (TPSA) is 122 Å². The molecule has 1 saturated heterocycles. The number of ketones is 1. The molecular weight excluding hydrogens is 504 g/mol. The maximum Gasteiger partial charge on any atom is 0.321 e. The summed E-state index contributed by atoms with van der Waals surface area (Å²) in [6.45, 7) is 13.6. The Morgan fingerprint density at radius 1 is 1.03 bits per heavy atom. The van der Waals surface area contributed by atoms with E-state index in [-0.39, 0.29) is 41.4 Å². The van der Waals surface area contributed by atoms with Crippen LogP contribution in [0.1, 0.15) is 74.7 Å². The maximum absolute atomic E-state index is 14.2. The summed E-state index contributed by atoms with van der Waals surface area (Å²) < 4.78 is 23.1. The largest absolute Gasteiger partial charge is 0.468 e. The molecule has 1 heterocycles. The quantitative estimate of drug-likeness (QED) is 0.297. The van der Waals surface area contributed by atoms with Gasteiger partial charge in [-0.25, -0.2) is 0 Å². The van der Waals surface area contributed by atoms with Gasteiger partial charge in [0.25, 0.3) is 0 Å². The molecule has 0 aromatic carbocycles. The van der Waals surface area contributed by atoms with Crippen LogP contribution >= 0.6 is 0 Å². The molecule has 0 aromatic heterocycles. The lowest BCUT2D eigenvalue weighted by Crippen LogP contribution is -2.71. The molecule has 0 spiro atoms. The van der Waals surface area contributed by atoms with Gasteiger partial charge in [0.15, 0.2) is 5.78 Å². The van der Waals surface area contributed by atoms with Crippen molar-refractivity contribution in [1.29, 1.82) is 0 Å². The van der Waals surface area contributed by atoms with Crippen LogP contribution < -0.4 is 0 Å². The lowest BCUT2D eigenvalue weighted by Gasteiger charge is -2.66. The number of methoxy groups -OCH3 is 1. The van der Waals surface area contributed by atoms with Gasteiger partial charge < -0.3 is 18.9 Å². The lowest BCUT2D eigenvalue weighted by molar-refractivity contribution is -0.218. The zero-order valence-electron chi connectivity index (χ0n) is 24.2. The first-order valence-electron chi connectivity index (χ1n) is 13.6. The zero-order valence-corrected chi connectivity index (χ0v) is 24.2. The molecule has 9 nitrogen and oxygen atoms in total. The average molecular weight is 543 g/mol. The van der Waals surface area contributed by atoms with Crippen molar-refractivity contribution < 1.29 is 42.9 Å². The van der Waals surface area contributed by atoms with Gasteiger partial charge in [-0.2, -0.15) is 0 Å². The molecule has 0 aromatic rings. The van der Waals surface area contributed by atoms with Crippen molar-refractivity contribution in [2.75, 3.05) is 7.11 Å². The Morgan fingerprint density at radius 2 is 1.67 bits per heavy atom. The Hall–Kier alpha value is -2.97. The van der Waals surface area contributed by atoms with Crippen LogP contribution in [0, 0.1) is 38.9 Å².